The summed E-state index contributed by atoms with van der Waals surface area (Å²) in [5, 5.41) is 0. The zero-order valence-corrected chi connectivity index (χ0v) is 9.16. The van der Waals surface area contributed by atoms with E-state index in [1.807, 2.05) is 6.92 Å². The molecule has 12 heavy (non-hydrogen) atoms. The topological polar surface area (TPSA) is 25.8 Å². The van der Waals surface area contributed by atoms with Gasteiger partial charge in [-0.05, 0) is 41.4 Å². The van der Waals surface area contributed by atoms with Gasteiger partial charge in [0.1, 0.15) is 0 Å². The Morgan fingerprint density at radius 1 is 1.33 bits per heavy atom. The number of thiazole rings is 1. The van der Waals surface area contributed by atoms with Gasteiger partial charge in [0.25, 0.3) is 0 Å². The van der Waals surface area contributed by atoms with Crippen LogP contribution in [0.25, 0.3) is 10.3 Å². The number of rotatable bonds is 0. The van der Waals surface area contributed by atoms with E-state index in [0.29, 0.717) is 0 Å². The van der Waals surface area contributed by atoms with Gasteiger partial charge in [0, 0.05) is 5.69 Å². The highest BCUT2D eigenvalue weighted by molar-refractivity contribution is 9.11. The van der Waals surface area contributed by atoms with Gasteiger partial charge in [-0.1, -0.05) is 0 Å². The SMILES string of the molecule is Cc1cc(C)c2sc(Br)nc2n1. The van der Waals surface area contributed by atoms with Crippen molar-refractivity contribution < 1.29 is 0 Å². The molecule has 0 fully saturated rings. The number of nitrogens with zero attached hydrogens (tertiary/aromatic N) is 2. The maximum atomic E-state index is 4.33. The third-order valence-electron chi connectivity index (χ3n) is 1.65. The highest BCUT2D eigenvalue weighted by atomic mass is 79.9. The number of hydrogen-bond acceptors (Lipinski definition) is 3. The Morgan fingerprint density at radius 2 is 2.08 bits per heavy atom. The van der Waals surface area contributed by atoms with Gasteiger partial charge in [0.2, 0.25) is 0 Å². The quantitative estimate of drug-likeness (QED) is 0.710. The van der Waals surface area contributed by atoms with Crippen molar-refractivity contribution in [3.8, 4) is 0 Å². The van der Waals surface area contributed by atoms with Crippen LogP contribution in [0.3, 0.4) is 0 Å². The molecule has 0 spiro atoms. The van der Waals surface area contributed by atoms with Gasteiger partial charge in [-0.25, -0.2) is 9.97 Å². The summed E-state index contributed by atoms with van der Waals surface area (Å²) in [5.74, 6) is 0. The fourth-order valence-corrected chi connectivity index (χ4v) is 2.55. The number of halogens is 1. The Hall–Kier alpha value is -0.480. The van der Waals surface area contributed by atoms with E-state index < -0.39 is 0 Å². The maximum Gasteiger partial charge on any atom is 0.172 e. The Labute approximate surface area is 82.8 Å². The van der Waals surface area contributed by atoms with Gasteiger partial charge in [0.15, 0.2) is 9.56 Å². The maximum absolute atomic E-state index is 4.33. The molecule has 0 atom stereocenters. The summed E-state index contributed by atoms with van der Waals surface area (Å²) >= 11 is 4.98. The standard InChI is InChI=1S/C8H7BrN2S/c1-4-3-5(2)10-7-6(4)12-8(9)11-7/h3H,1-2H3. The second kappa shape index (κ2) is 2.78. The van der Waals surface area contributed by atoms with E-state index in [4.69, 9.17) is 0 Å². The number of fused-ring (bicyclic) bond motifs is 1. The van der Waals surface area contributed by atoms with Crippen LogP contribution < -0.4 is 0 Å². The fourth-order valence-electron chi connectivity index (χ4n) is 1.20. The Kier molecular flexibility index (Phi) is 1.88. The lowest BCUT2D eigenvalue weighted by Gasteiger charge is -1.94. The van der Waals surface area contributed by atoms with E-state index in [1.165, 1.54) is 10.3 Å². The summed E-state index contributed by atoms with van der Waals surface area (Å²) in [7, 11) is 0. The molecule has 0 N–H and O–H groups in total. The van der Waals surface area contributed by atoms with Crippen LogP contribution in [0.4, 0.5) is 0 Å². The van der Waals surface area contributed by atoms with Crippen molar-refractivity contribution in [3.05, 3.63) is 21.2 Å². The number of hydrogen-bond donors (Lipinski definition) is 0. The van der Waals surface area contributed by atoms with Gasteiger partial charge in [-0.2, -0.15) is 0 Å². The molecule has 0 aliphatic heterocycles. The summed E-state index contributed by atoms with van der Waals surface area (Å²) in [6.07, 6.45) is 0. The van der Waals surface area contributed by atoms with Crippen LogP contribution in [0.5, 0.6) is 0 Å². The molecule has 0 aliphatic rings. The first-order valence-corrected chi connectivity index (χ1v) is 5.18. The van der Waals surface area contributed by atoms with Crippen LogP contribution in [0.1, 0.15) is 11.3 Å². The second-order valence-electron chi connectivity index (χ2n) is 2.70. The molecule has 2 rings (SSSR count). The van der Waals surface area contributed by atoms with Crippen LogP contribution in [-0.2, 0) is 0 Å². The average Bonchev–Trinajstić information content (AvgIpc) is 2.29. The summed E-state index contributed by atoms with van der Waals surface area (Å²) in [6.45, 7) is 4.07. The highest BCUT2D eigenvalue weighted by Gasteiger charge is 2.05. The van der Waals surface area contributed by atoms with Crippen molar-refractivity contribution in [2.24, 2.45) is 0 Å². The molecule has 0 unspecified atom stereocenters. The summed E-state index contributed by atoms with van der Waals surface area (Å²) in [4.78, 5) is 8.59. The van der Waals surface area contributed by atoms with Crippen molar-refractivity contribution >= 4 is 37.6 Å². The van der Waals surface area contributed by atoms with Crippen LogP contribution in [-0.4, -0.2) is 9.97 Å². The molecule has 2 nitrogen and oxygen atoms in total. The van der Waals surface area contributed by atoms with Gasteiger partial charge in [-0.3, -0.25) is 0 Å². The van der Waals surface area contributed by atoms with E-state index in [-0.39, 0.29) is 0 Å². The van der Waals surface area contributed by atoms with E-state index in [9.17, 15) is 0 Å². The molecule has 0 radical (unpaired) electrons. The van der Waals surface area contributed by atoms with Gasteiger partial charge >= 0.3 is 0 Å². The Morgan fingerprint density at radius 3 is 2.83 bits per heavy atom. The lowest BCUT2D eigenvalue weighted by atomic mass is 10.2. The van der Waals surface area contributed by atoms with E-state index in [0.717, 1.165) is 15.3 Å². The molecule has 4 heteroatoms. The predicted octanol–water partition coefficient (Wildman–Crippen LogP) is 3.07. The summed E-state index contributed by atoms with van der Waals surface area (Å²) in [6, 6.07) is 2.08. The number of aromatic nitrogens is 2. The zero-order valence-electron chi connectivity index (χ0n) is 6.76. The third-order valence-corrected chi connectivity index (χ3v) is 3.28. The summed E-state index contributed by atoms with van der Waals surface area (Å²) in [5.41, 5.74) is 3.13. The molecular weight excluding hydrogens is 236 g/mol. The van der Waals surface area contributed by atoms with Crippen molar-refractivity contribution in [1.82, 2.24) is 9.97 Å². The first-order chi connectivity index (χ1) is 5.66. The normalized spacial score (nSPS) is 10.9. The molecule has 0 saturated carbocycles. The lowest BCUT2D eigenvalue weighted by Crippen LogP contribution is -1.84. The minimum absolute atomic E-state index is 0.851. The number of pyridine rings is 1. The molecule has 0 aliphatic carbocycles. The summed E-state index contributed by atoms with van der Waals surface area (Å²) < 4.78 is 2.08. The molecule has 2 heterocycles. The first kappa shape index (κ1) is 8.13. The molecule has 2 aromatic heterocycles. The van der Waals surface area contributed by atoms with E-state index in [2.05, 4.69) is 38.9 Å². The van der Waals surface area contributed by atoms with E-state index >= 15 is 0 Å². The Bertz CT molecular complexity index is 436. The predicted molar refractivity (Wildman–Crippen MR) is 54.6 cm³/mol. The van der Waals surface area contributed by atoms with Crippen LogP contribution in [0.2, 0.25) is 0 Å². The lowest BCUT2D eigenvalue weighted by molar-refractivity contribution is 1.20. The van der Waals surface area contributed by atoms with Crippen molar-refractivity contribution in [2.75, 3.05) is 0 Å². The zero-order chi connectivity index (χ0) is 8.72. The molecular formula is C8H7BrN2S. The molecule has 2 aromatic rings. The largest absolute Gasteiger partial charge is 0.233 e. The third kappa shape index (κ3) is 1.25. The monoisotopic (exact) mass is 242 g/mol. The van der Waals surface area contributed by atoms with Crippen LogP contribution in [0.15, 0.2) is 9.98 Å². The van der Waals surface area contributed by atoms with Crippen LogP contribution >= 0.6 is 27.3 Å². The van der Waals surface area contributed by atoms with Gasteiger partial charge < -0.3 is 0 Å². The Balaban J connectivity index is 2.88. The highest BCUT2D eigenvalue weighted by Crippen LogP contribution is 2.27. The number of aryl methyl sites for hydroxylation is 2. The first-order valence-electron chi connectivity index (χ1n) is 3.57. The van der Waals surface area contributed by atoms with Crippen molar-refractivity contribution in [1.29, 1.82) is 0 Å². The average molecular weight is 243 g/mol. The van der Waals surface area contributed by atoms with Gasteiger partial charge in [0.05, 0.1) is 4.70 Å². The second-order valence-corrected chi connectivity index (χ2v) is 4.98. The van der Waals surface area contributed by atoms with Crippen molar-refractivity contribution in [2.45, 2.75) is 13.8 Å². The molecule has 0 amide bonds. The molecule has 0 bridgehead atoms. The van der Waals surface area contributed by atoms with Crippen LogP contribution in [0, 0.1) is 13.8 Å². The minimum atomic E-state index is 0.851. The molecule has 0 aromatic carbocycles. The van der Waals surface area contributed by atoms with Crippen molar-refractivity contribution in [3.63, 3.8) is 0 Å². The smallest absolute Gasteiger partial charge is 0.172 e. The van der Waals surface area contributed by atoms with E-state index in [1.54, 1.807) is 11.3 Å². The molecule has 0 saturated heterocycles. The van der Waals surface area contributed by atoms with Gasteiger partial charge in [-0.15, -0.1) is 11.3 Å². The molecule has 62 valence electrons. The minimum Gasteiger partial charge on any atom is -0.233 e. The fraction of sp³-hybridized carbons (Fsp3) is 0.250.